The molecule has 2 N–H and O–H groups in total. The number of carbonyl (C=O) groups excluding carboxylic acids is 1. The fourth-order valence-corrected chi connectivity index (χ4v) is 15.8. The minimum absolute atomic E-state index is 0.00320. The SMILES string of the molecule is C#C.C#C.C#C.C=CC.CC1(C)C(c2ccc(C(=O)O)cc2)=CC[C@@]2(C)C1CC[C@]1(C)C2CC[C@@H]2C3CCC[C@]3(NC(=O)C(c3cccs3)N3CCS(=O)CC3)CC[C@]21C. The van der Waals surface area contributed by atoms with Gasteiger partial charge in [0.1, 0.15) is 6.04 Å². The number of carboxylic acids is 1. The summed E-state index contributed by atoms with van der Waals surface area (Å²) in [4.78, 5) is 29.5. The molecule has 1 amide bonds. The van der Waals surface area contributed by atoms with Crippen LogP contribution in [0.25, 0.3) is 5.57 Å². The van der Waals surface area contributed by atoms with E-state index >= 15 is 0 Å². The van der Waals surface area contributed by atoms with Crippen LogP contribution in [0, 0.1) is 83.9 Å². The lowest BCUT2D eigenvalue weighted by molar-refractivity contribution is -0.217. The first kappa shape index (κ1) is 48.8. The molecule has 2 heterocycles. The number of fused-ring (bicyclic) bond motifs is 7. The van der Waals surface area contributed by atoms with Crippen LogP contribution in [0.15, 0.2) is 60.5 Å². The van der Waals surface area contributed by atoms with Crippen molar-refractivity contribution >= 4 is 39.6 Å². The number of nitrogens with one attached hydrogen (secondary N) is 1. The summed E-state index contributed by atoms with van der Waals surface area (Å²) in [6.07, 6.45) is 40.1. The van der Waals surface area contributed by atoms with Gasteiger partial charge in [-0.15, -0.1) is 56.5 Å². The maximum atomic E-state index is 14.5. The Morgan fingerprint density at radius 2 is 1.50 bits per heavy atom. The predicted molar refractivity (Wildman–Crippen MR) is 253 cm³/mol. The average Bonchev–Trinajstić information content (AvgIpc) is 3.92. The molecule has 0 bridgehead atoms. The van der Waals surface area contributed by atoms with Crippen molar-refractivity contribution in [1.82, 2.24) is 10.2 Å². The second kappa shape index (κ2) is 19.9. The van der Waals surface area contributed by atoms with E-state index < -0.39 is 16.8 Å². The van der Waals surface area contributed by atoms with Crippen LogP contribution in [0.4, 0.5) is 0 Å². The fourth-order valence-electron chi connectivity index (χ4n) is 13.8. The Bertz CT molecular complexity index is 1900. The van der Waals surface area contributed by atoms with Crippen molar-refractivity contribution in [2.24, 2.45) is 45.3 Å². The van der Waals surface area contributed by atoms with E-state index in [0.717, 1.165) is 24.1 Å². The van der Waals surface area contributed by atoms with Gasteiger partial charge in [0.15, 0.2) is 0 Å². The van der Waals surface area contributed by atoms with Crippen LogP contribution in [0.1, 0.15) is 133 Å². The molecule has 8 rings (SSSR count). The average molecular weight is 851 g/mol. The monoisotopic (exact) mass is 850 g/mol. The highest BCUT2D eigenvalue weighted by atomic mass is 32.2. The van der Waals surface area contributed by atoms with Crippen molar-refractivity contribution in [2.75, 3.05) is 24.6 Å². The summed E-state index contributed by atoms with van der Waals surface area (Å²) < 4.78 is 12.2. The van der Waals surface area contributed by atoms with Crippen molar-refractivity contribution < 1.29 is 18.9 Å². The van der Waals surface area contributed by atoms with E-state index in [0.29, 0.717) is 53.8 Å². The number of terminal acetylenes is 3. The molecule has 1 aliphatic heterocycles. The van der Waals surface area contributed by atoms with Gasteiger partial charge in [-0.1, -0.05) is 71.4 Å². The fraction of sp³-hybridized carbons (Fsp3) is 0.577. The zero-order valence-electron chi connectivity index (χ0n) is 37.1. The molecule has 8 heteroatoms. The Morgan fingerprint density at radius 1 is 0.867 bits per heavy atom. The summed E-state index contributed by atoms with van der Waals surface area (Å²) in [5.74, 6) is 2.94. The number of rotatable bonds is 6. The van der Waals surface area contributed by atoms with E-state index in [1.807, 2.05) is 19.1 Å². The topological polar surface area (TPSA) is 86.7 Å². The van der Waals surface area contributed by atoms with Gasteiger partial charge in [0, 0.05) is 45.8 Å². The third-order valence-corrected chi connectivity index (χ3v) is 18.6. The first-order chi connectivity index (χ1) is 28.6. The Balaban J connectivity index is 0.000000823. The maximum Gasteiger partial charge on any atom is 0.335 e. The summed E-state index contributed by atoms with van der Waals surface area (Å²) in [6, 6.07) is 11.4. The molecule has 9 atom stereocenters. The van der Waals surface area contributed by atoms with Crippen LogP contribution >= 0.6 is 11.3 Å². The van der Waals surface area contributed by atoms with Crippen molar-refractivity contribution in [2.45, 2.75) is 117 Å². The Morgan fingerprint density at radius 3 is 2.08 bits per heavy atom. The molecule has 4 saturated carbocycles. The summed E-state index contributed by atoms with van der Waals surface area (Å²) in [5, 5.41) is 15.4. The highest BCUT2D eigenvalue weighted by molar-refractivity contribution is 7.85. The van der Waals surface area contributed by atoms with Gasteiger partial charge in [0.05, 0.1) is 5.56 Å². The largest absolute Gasteiger partial charge is 0.478 e. The van der Waals surface area contributed by atoms with Crippen molar-refractivity contribution in [3.63, 3.8) is 0 Å². The number of nitrogens with zero attached hydrogens (tertiary/aromatic N) is 1. The normalized spacial score (nSPS) is 34.2. The van der Waals surface area contributed by atoms with Gasteiger partial charge in [-0.25, -0.2) is 4.79 Å². The molecule has 0 spiro atoms. The standard InChI is InChI=1S/C43H58N2O4S2.C3H6.3C2H2/c1-39(2)30(28-10-12-29(13-11-28)38(47)48)16-19-40(3)34(39)17-20-42(5)35(40)15-14-31-32-8-6-18-43(32,22-21-41(31,42)4)44-37(46)36(33-9-7-25-50-33)45-23-26-51(49)27-24-45;1-3-2;3*1-2/h7,9-13,16,25,31-32,34-36H,6,8,14-15,17-24,26-27H2,1-5H3,(H,44,46)(H,47,48);3H,1H2,2H3;3*1-2H/t31-,32?,34?,35?,36?,40+,41-,42-,43+;;;;/m1..../s1. The summed E-state index contributed by atoms with van der Waals surface area (Å²) >= 11 is 1.67. The van der Waals surface area contributed by atoms with Crippen LogP contribution in [0.2, 0.25) is 0 Å². The molecular weight excluding hydrogens is 781 g/mol. The van der Waals surface area contributed by atoms with Gasteiger partial charge < -0.3 is 10.4 Å². The van der Waals surface area contributed by atoms with Crippen molar-refractivity contribution in [3.8, 4) is 38.5 Å². The lowest BCUT2D eigenvalue weighted by atomic mass is 9.33. The molecule has 1 aromatic heterocycles. The van der Waals surface area contributed by atoms with Gasteiger partial charge >= 0.3 is 5.97 Å². The van der Waals surface area contributed by atoms with E-state index in [9.17, 15) is 18.9 Å². The highest BCUT2D eigenvalue weighted by Crippen LogP contribution is 2.76. The second-order valence-corrected chi connectivity index (χ2v) is 21.6. The number of carboxylic acid groups (broad SMARTS) is 1. The molecule has 4 unspecified atom stereocenters. The number of aromatic carboxylic acids is 1. The van der Waals surface area contributed by atoms with Crippen LogP contribution < -0.4 is 5.32 Å². The molecule has 6 nitrogen and oxygen atoms in total. The smallest absolute Gasteiger partial charge is 0.335 e. The first-order valence-corrected chi connectivity index (χ1v) is 24.1. The summed E-state index contributed by atoms with van der Waals surface area (Å²) in [7, 11) is -0.781. The van der Waals surface area contributed by atoms with Gasteiger partial charge in [-0.2, -0.15) is 0 Å². The zero-order chi connectivity index (χ0) is 44.7. The zero-order valence-corrected chi connectivity index (χ0v) is 38.7. The van der Waals surface area contributed by atoms with E-state index in [-0.39, 0.29) is 39.1 Å². The van der Waals surface area contributed by atoms with E-state index in [1.54, 1.807) is 29.5 Å². The first-order valence-electron chi connectivity index (χ1n) is 21.7. The Kier molecular flexibility index (Phi) is 16.2. The number of thiophene rings is 1. The Labute approximate surface area is 369 Å². The van der Waals surface area contributed by atoms with Crippen LogP contribution in [-0.4, -0.2) is 56.2 Å². The quantitative estimate of drug-likeness (QED) is 0.223. The summed E-state index contributed by atoms with van der Waals surface area (Å²) in [5.41, 5.74) is 3.45. The highest BCUT2D eigenvalue weighted by Gasteiger charge is 2.69. The maximum absolute atomic E-state index is 14.5. The number of benzene rings is 1. The molecule has 1 aromatic carbocycles. The third kappa shape index (κ3) is 8.49. The van der Waals surface area contributed by atoms with Gasteiger partial charge in [-0.3, -0.25) is 13.9 Å². The molecule has 324 valence electrons. The molecule has 60 heavy (non-hydrogen) atoms. The van der Waals surface area contributed by atoms with Crippen molar-refractivity contribution in [3.05, 3.63) is 76.5 Å². The lowest BCUT2D eigenvalue weighted by Gasteiger charge is -2.72. The van der Waals surface area contributed by atoms with E-state index in [4.69, 9.17) is 0 Å². The number of carbonyl (C=O) groups is 2. The molecule has 5 aliphatic carbocycles. The molecule has 2 aromatic rings. The van der Waals surface area contributed by atoms with E-state index in [2.05, 4.69) is 114 Å². The van der Waals surface area contributed by atoms with Crippen molar-refractivity contribution in [1.29, 1.82) is 0 Å². The second-order valence-electron chi connectivity index (χ2n) is 18.9. The van der Waals surface area contributed by atoms with E-state index in [1.165, 1.54) is 56.1 Å². The molecular formula is C52H70N2O4S2. The third-order valence-electron chi connectivity index (χ3n) is 16.4. The molecule has 1 saturated heterocycles. The number of hydrogen-bond donors (Lipinski definition) is 2. The number of amides is 1. The van der Waals surface area contributed by atoms with Gasteiger partial charge in [0.2, 0.25) is 5.91 Å². The predicted octanol–water partition coefficient (Wildman–Crippen LogP) is 10.9. The summed E-state index contributed by atoms with van der Waals surface area (Å²) in [6.45, 7) is 19.5. The van der Waals surface area contributed by atoms with Crippen LogP contribution in [0.5, 0.6) is 0 Å². The van der Waals surface area contributed by atoms with Crippen LogP contribution in [0.3, 0.4) is 0 Å². The van der Waals surface area contributed by atoms with Gasteiger partial charge in [0.25, 0.3) is 0 Å². The Hall–Kier alpha value is -3.87. The van der Waals surface area contributed by atoms with Crippen LogP contribution in [-0.2, 0) is 15.6 Å². The molecule has 5 fully saturated rings. The molecule has 6 aliphatic rings. The lowest BCUT2D eigenvalue weighted by Crippen LogP contribution is -2.68. The minimum atomic E-state index is -0.874. The number of hydrogen-bond acceptors (Lipinski definition) is 5. The van der Waals surface area contributed by atoms with Gasteiger partial charge in [-0.05, 0) is 145 Å². The molecule has 0 radical (unpaired) electrons. The minimum Gasteiger partial charge on any atom is -0.478 e. The number of allylic oxidation sites excluding steroid dienone is 3.